The topological polar surface area (TPSA) is 74.1 Å². The van der Waals surface area contributed by atoms with Gasteiger partial charge < -0.3 is 5.32 Å². The number of benzene rings is 3. The van der Waals surface area contributed by atoms with Crippen LogP contribution >= 0.6 is 23.4 Å². The maximum atomic E-state index is 13.4. The minimum absolute atomic E-state index is 0.0834. The minimum Gasteiger partial charge on any atom is -0.325 e. The predicted molar refractivity (Wildman–Crippen MR) is 133 cm³/mol. The fourth-order valence-corrected chi connectivity index (χ4v) is 4.72. The zero-order valence-corrected chi connectivity index (χ0v) is 19.2. The molecule has 3 aromatic rings. The summed E-state index contributed by atoms with van der Waals surface area (Å²) < 4.78 is 0. The summed E-state index contributed by atoms with van der Waals surface area (Å²) in [7, 11) is 0. The second kappa shape index (κ2) is 8.84. The van der Waals surface area contributed by atoms with Gasteiger partial charge in [0.15, 0.2) is 11.2 Å². The van der Waals surface area contributed by atoms with Crippen LogP contribution in [-0.4, -0.2) is 33.5 Å². The highest BCUT2D eigenvalue weighted by Gasteiger charge is 2.42. The molecule has 1 atom stereocenters. The number of nitrogens with one attached hydrogen (secondary N) is 1. The largest absolute Gasteiger partial charge is 0.325 e. The number of aliphatic imine (C=N–C) groups is 2. The summed E-state index contributed by atoms with van der Waals surface area (Å²) in [4.78, 5) is 37.0. The van der Waals surface area contributed by atoms with E-state index in [-0.39, 0.29) is 17.6 Å². The third-order valence-corrected chi connectivity index (χ3v) is 6.56. The first-order chi connectivity index (χ1) is 16.0. The Morgan fingerprint density at radius 3 is 2.67 bits per heavy atom. The Morgan fingerprint density at radius 1 is 1.09 bits per heavy atom. The van der Waals surface area contributed by atoms with Crippen molar-refractivity contribution in [3.63, 3.8) is 0 Å². The Hall–Kier alpha value is -3.42. The number of halogens is 1. The smallest absolute Gasteiger partial charge is 0.263 e. The number of hydrogen-bond acceptors (Lipinski definition) is 5. The van der Waals surface area contributed by atoms with Gasteiger partial charge in [0.25, 0.3) is 5.91 Å². The molecule has 2 aliphatic heterocycles. The number of anilines is 1. The van der Waals surface area contributed by atoms with Gasteiger partial charge in [-0.3, -0.25) is 9.59 Å². The number of rotatable bonds is 4. The van der Waals surface area contributed by atoms with Crippen LogP contribution in [0.5, 0.6) is 0 Å². The van der Waals surface area contributed by atoms with Gasteiger partial charge in [-0.05, 0) is 42.3 Å². The first-order valence-corrected chi connectivity index (χ1v) is 11.7. The summed E-state index contributed by atoms with van der Waals surface area (Å²) in [5.74, 6) is 0.257. The highest BCUT2D eigenvalue weighted by Crippen LogP contribution is 2.37. The van der Waals surface area contributed by atoms with Crippen molar-refractivity contribution >= 4 is 57.6 Å². The van der Waals surface area contributed by atoms with Gasteiger partial charge in [-0.15, -0.1) is 0 Å². The maximum absolute atomic E-state index is 13.4. The van der Waals surface area contributed by atoms with Crippen LogP contribution in [0.3, 0.4) is 0 Å². The van der Waals surface area contributed by atoms with Gasteiger partial charge in [0.2, 0.25) is 5.91 Å². The number of fused-ring (bicyclic) bond motifs is 3. The molecule has 33 heavy (non-hydrogen) atoms. The normalized spacial score (nSPS) is 16.6. The van der Waals surface area contributed by atoms with Gasteiger partial charge in [0.05, 0.1) is 11.4 Å². The Bertz CT molecular complexity index is 1320. The van der Waals surface area contributed by atoms with Crippen LogP contribution < -0.4 is 5.32 Å². The van der Waals surface area contributed by atoms with Gasteiger partial charge in [0.1, 0.15) is 5.84 Å². The summed E-state index contributed by atoms with van der Waals surface area (Å²) >= 11 is 7.26. The summed E-state index contributed by atoms with van der Waals surface area (Å²) in [6.07, 6.45) is 0. The van der Waals surface area contributed by atoms with E-state index in [1.165, 1.54) is 16.7 Å². The van der Waals surface area contributed by atoms with E-state index in [0.717, 1.165) is 22.4 Å². The van der Waals surface area contributed by atoms with Gasteiger partial charge in [-0.25, -0.2) is 14.9 Å². The van der Waals surface area contributed by atoms with Crippen molar-refractivity contribution in [2.75, 3.05) is 11.1 Å². The van der Waals surface area contributed by atoms with Crippen molar-refractivity contribution in [2.45, 2.75) is 13.0 Å². The second-order valence-electron chi connectivity index (χ2n) is 7.65. The molecule has 2 heterocycles. The number of nitrogens with zero attached hydrogens (tertiary/aromatic N) is 3. The molecule has 0 saturated carbocycles. The lowest BCUT2D eigenvalue weighted by atomic mass is 10.1. The molecule has 0 aliphatic carbocycles. The number of carbonyl (C=O) groups is 2. The Kier molecular flexibility index (Phi) is 5.74. The number of para-hydroxylation sites is 1. The average molecular weight is 475 g/mol. The fraction of sp³-hybridized carbons (Fsp3) is 0.120. The van der Waals surface area contributed by atoms with Crippen LogP contribution in [0.1, 0.15) is 22.7 Å². The third kappa shape index (κ3) is 4.17. The number of aryl methyl sites for hydroxylation is 1. The predicted octanol–water partition coefficient (Wildman–Crippen LogP) is 5.35. The molecule has 0 bridgehead atoms. The van der Waals surface area contributed by atoms with Gasteiger partial charge >= 0.3 is 0 Å². The van der Waals surface area contributed by atoms with Crippen molar-refractivity contribution in [3.8, 4) is 0 Å². The fourth-order valence-electron chi connectivity index (χ4n) is 3.74. The third-order valence-electron chi connectivity index (χ3n) is 5.39. The monoisotopic (exact) mass is 474 g/mol. The van der Waals surface area contributed by atoms with Crippen molar-refractivity contribution in [1.29, 1.82) is 0 Å². The first kappa shape index (κ1) is 21.4. The maximum Gasteiger partial charge on any atom is 0.263 e. The molecular formula is C25H19ClN4O2S. The molecule has 0 spiro atoms. The highest BCUT2D eigenvalue weighted by molar-refractivity contribution is 8.14. The molecular weight excluding hydrogens is 456 g/mol. The molecule has 3 aromatic carbocycles. The van der Waals surface area contributed by atoms with Crippen LogP contribution in [0.15, 0.2) is 82.8 Å². The quantitative estimate of drug-likeness (QED) is 0.553. The van der Waals surface area contributed by atoms with E-state index in [2.05, 4.69) is 10.3 Å². The van der Waals surface area contributed by atoms with E-state index in [4.69, 9.17) is 16.6 Å². The van der Waals surface area contributed by atoms with Crippen molar-refractivity contribution in [3.05, 3.63) is 94.5 Å². The van der Waals surface area contributed by atoms with Gasteiger partial charge in [-0.1, -0.05) is 71.9 Å². The van der Waals surface area contributed by atoms with E-state index >= 15 is 0 Å². The molecule has 2 amide bonds. The summed E-state index contributed by atoms with van der Waals surface area (Å²) in [6.45, 7) is 1.90. The van der Waals surface area contributed by atoms with Crippen molar-refractivity contribution in [1.82, 2.24) is 4.90 Å². The number of amidine groups is 2. The van der Waals surface area contributed by atoms with Crippen LogP contribution in [-0.2, 0) is 9.59 Å². The van der Waals surface area contributed by atoms with E-state index in [1.807, 2.05) is 67.6 Å². The molecule has 0 radical (unpaired) electrons. The molecule has 5 rings (SSSR count). The van der Waals surface area contributed by atoms with Crippen LogP contribution in [0.4, 0.5) is 11.4 Å². The molecule has 2 aliphatic rings. The van der Waals surface area contributed by atoms with Gasteiger partial charge in [-0.2, -0.15) is 0 Å². The molecule has 0 aromatic heterocycles. The highest BCUT2D eigenvalue weighted by atomic mass is 35.5. The Morgan fingerprint density at radius 2 is 1.85 bits per heavy atom. The molecule has 164 valence electrons. The molecule has 0 saturated heterocycles. The lowest BCUT2D eigenvalue weighted by Crippen LogP contribution is -2.40. The van der Waals surface area contributed by atoms with E-state index in [0.29, 0.717) is 21.7 Å². The van der Waals surface area contributed by atoms with Crippen molar-refractivity contribution < 1.29 is 9.59 Å². The average Bonchev–Trinajstić information content (AvgIpc) is 3.18. The number of amides is 2. The zero-order chi connectivity index (χ0) is 22.9. The molecule has 0 unspecified atom stereocenters. The molecule has 8 heteroatoms. The number of carbonyl (C=O) groups excluding carboxylic acids is 2. The number of thioether (sulfide) groups is 1. The minimum atomic E-state index is -0.638. The van der Waals surface area contributed by atoms with E-state index in [9.17, 15) is 9.59 Å². The SMILES string of the molecule is Cc1ccc(Cl)cc1NC(=O)CSC1=Nc2ccccc2C2=N[C@H](c3ccccc3)C(=O)N12. The van der Waals surface area contributed by atoms with Crippen molar-refractivity contribution in [2.24, 2.45) is 9.98 Å². The Balaban J connectivity index is 1.40. The van der Waals surface area contributed by atoms with E-state index < -0.39 is 6.04 Å². The molecule has 1 N–H and O–H groups in total. The second-order valence-corrected chi connectivity index (χ2v) is 9.03. The molecule has 0 fully saturated rings. The van der Waals surface area contributed by atoms with Gasteiger partial charge in [0, 0.05) is 16.3 Å². The first-order valence-electron chi connectivity index (χ1n) is 10.3. The summed E-state index contributed by atoms with van der Waals surface area (Å²) in [5.41, 5.74) is 3.92. The van der Waals surface area contributed by atoms with Crippen LogP contribution in [0.2, 0.25) is 5.02 Å². The Labute approximate surface area is 200 Å². The lowest BCUT2D eigenvalue weighted by molar-refractivity contribution is -0.124. The summed E-state index contributed by atoms with van der Waals surface area (Å²) in [5, 5.41) is 3.87. The molecule has 6 nitrogen and oxygen atoms in total. The zero-order valence-electron chi connectivity index (χ0n) is 17.7. The number of hydrogen-bond donors (Lipinski definition) is 1. The van der Waals surface area contributed by atoms with Crippen LogP contribution in [0, 0.1) is 6.92 Å². The van der Waals surface area contributed by atoms with E-state index in [1.54, 1.807) is 12.1 Å². The standard InChI is InChI=1S/C25H19ClN4O2S/c1-15-11-12-17(26)13-20(15)27-21(31)14-33-25-28-19-10-6-5-9-18(19)23-29-22(24(32)30(23)25)16-7-3-2-4-8-16/h2-13,22H,14H2,1H3,(H,27,31)/t22-/m1/s1. The lowest BCUT2D eigenvalue weighted by Gasteiger charge is -2.25. The summed E-state index contributed by atoms with van der Waals surface area (Å²) in [6, 6.07) is 21.7. The van der Waals surface area contributed by atoms with Crippen LogP contribution in [0.25, 0.3) is 0 Å².